The number of nitrogens with zero attached hydrogens (tertiary/aromatic N) is 2. The zero-order chi connectivity index (χ0) is 10.7. The Bertz CT molecular complexity index is 371. The van der Waals surface area contributed by atoms with E-state index >= 15 is 0 Å². The fourth-order valence-corrected chi connectivity index (χ4v) is 1.81. The summed E-state index contributed by atoms with van der Waals surface area (Å²) in [5, 5.41) is 2.94. The minimum Gasteiger partial charge on any atom is -0.341 e. The summed E-state index contributed by atoms with van der Waals surface area (Å²) >= 11 is 0. The molecule has 1 heterocycles. The summed E-state index contributed by atoms with van der Waals surface area (Å²) < 4.78 is 0. The Morgan fingerprint density at radius 3 is 2.80 bits per heavy atom. The van der Waals surface area contributed by atoms with Crippen LogP contribution in [0.2, 0.25) is 0 Å². The average molecular weight is 203 g/mol. The van der Waals surface area contributed by atoms with Crippen molar-refractivity contribution in [2.75, 3.05) is 0 Å². The van der Waals surface area contributed by atoms with Gasteiger partial charge < -0.3 is 5.32 Å². The summed E-state index contributed by atoms with van der Waals surface area (Å²) in [6, 6.07) is 0. The van der Waals surface area contributed by atoms with Crippen molar-refractivity contribution in [2.45, 2.75) is 24.8 Å². The molecule has 1 saturated carbocycles. The van der Waals surface area contributed by atoms with E-state index in [9.17, 15) is 4.79 Å². The number of amides is 1. The second-order valence-corrected chi connectivity index (χ2v) is 3.72. The molecule has 1 aliphatic carbocycles. The predicted molar refractivity (Wildman–Crippen MR) is 55.9 cm³/mol. The molecule has 1 amide bonds. The van der Waals surface area contributed by atoms with E-state index in [1.54, 1.807) is 18.6 Å². The van der Waals surface area contributed by atoms with Gasteiger partial charge >= 0.3 is 0 Å². The third-order valence-corrected chi connectivity index (χ3v) is 2.81. The fraction of sp³-hybridized carbons (Fsp3) is 0.364. The second-order valence-electron chi connectivity index (χ2n) is 3.72. The molecule has 4 nitrogen and oxygen atoms in total. The minimum atomic E-state index is -0.306. The second kappa shape index (κ2) is 3.81. The van der Waals surface area contributed by atoms with Gasteiger partial charge in [-0.3, -0.25) is 14.8 Å². The summed E-state index contributed by atoms with van der Waals surface area (Å²) in [5.41, 5.74) is 0.533. The fourth-order valence-electron chi connectivity index (χ4n) is 1.81. The highest BCUT2D eigenvalue weighted by atomic mass is 16.1. The molecule has 0 aliphatic heterocycles. The number of carbonyl (C=O) groups excluding carboxylic acids is 1. The first kappa shape index (κ1) is 9.83. The number of hydrogen-bond donors (Lipinski definition) is 1. The summed E-state index contributed by atoms with van der Waals surface area (Å²) in [7, 11) is 0. The van der Waals surface area contributed by atoms with Crippen molar-refractivity contribution in [3.05, 3.63) is 36.9 Å². The quantitative estimate of drug-likeness (QED) is 0.750. The highest BCUT2D eigenvalue weighted by molar-refractivity contribution is 5.87. The molecule has 1 N–H and O–H groups in total. The molecule has 1 aliphatic rings. The van der Waals surface area contributed by atoms with E-state index in [2.05, 4.69) is 21.9 Å². The molecule has 15 heavy (non-hydrogen) atoms. The van der Waals surface area contributed by atoms with Crippen molar-refractivity contribution in [1.29, 1.82) is 0 Å². The molecule has 0 aromatic carbocycles. The maximum Gasteiger partial charge on any atom is 0.244 e. The molecular formula is C11H13N3O. The normalized spacial score (nSPS) is 17.6. The van der Waals surface area contributed by atoms with Gasteiger partial charge in [-0.1, -0.05) is 6.58 Å². The van der Waals surface area contributed by atoms with Crippen LogP contribution in [0.3, 0.4) is 0 Å². The lowest BCUT2D eigenvalue weighted by atomic mass is 9.74. The van der Waals surface area contributed by atoms with Crippen LogP contribution < -0.4 is 5.32 Å². The van der Waals surface area contributed by atoms with Crippen molar-refractivity contribution < 1.29 is 4.79 Å². The Hall–Kier alpha value is -1.71. The van der Waals surface area contributed by atoms with Crippen LogP contribution in [-0.4, -0.2) is 15.9 Å². The highest BCUT2D eigenvalue weighted by Gasteiger charge is 2.41. The van der Waals surface area contributed by atoms with Crippen LogP contribution in [0.4, 0.5) is 0 Å². The van der Waals surface area contributed by atoms with Crippen LogP contribution in [0.1, 0.15) is 25.0 Å². The zero-order valence-electron chi connectivity index (χ0n) is 8.44. The molecule has 0 unspecified atom stereocenters. The smallest absolute Gasteiger partial charge is 0.244 e. The van der Waals surface area contributed by atoms with Gasteiger partial charge in [-0.2, -0.15) is 0 Å². The van der Waals surface area contributed by atoms with Crippen LogP contribution in [0.5, 0.6) is 0 Å². The van der Waals surface area contributed by atoms with Gasteiger partial charge in [-0.25, -0.2) is 0 Å². The SMILES string of the molecule is C=CC(=O)NC1(c2cnccn2)CCC1. The van der Waals surface area contributed by atoms with Gasteiger partial charge in [0.15, 0.2) is 0 Å². The molecule has 0 saturated heterocycles. The van der Waals surface area contributed by atoms with Crippen molar-refractivity contribution >= 4 is 5.91 Å². The maximum absolute atomic E-state index is 11.3. The van der Waals surface area contributed by atoms with Crippen LogP contribution in [0.25, 0.3) is 0 Å². The van der Waals surface area contributed by atoms with Crippen molar-refractivity contribution in [2.24, 2.45) is 0 Å². The van der Waals surface area contributed by atoms with E-state index in [-0.39, 0.29) is 11.4 Å². The Labute approximate surface area is 88.4 Å². The van der Waals surface area contributed by atoms with E-state index in [4.69, 9.17) is 0 Å². The minimum absolute atomic E-state index is 0.152. The number of nitrogens with one attached hydrogen (secondary N) is 1. The van der Waals surface area contributed by atoms with Crippen LogP contribution in [0.15, 0.2) is 31.2 Å². The summed E-state index contributed by atoms with van der Waals surface area (Å²) in [6.07, 6.45) is 9.23. The summed E-state index contributed by atoms with van der Waals surface area (Å²) in [5.74, 6) is -0.152. The number of aromatic nitrogens is 2. The lowest BCUT2D eigenvalue weighted by Crippen LogP contribution is -2.50. The lowest BCUT2D eigenvalue weighted by molar-refractivity contribution is -0.119. The third kappa shape index (κ3) is 1.75. The number of rotatable bonds is 3. The Morgan fingerprint density at radius 1 is 1.53 bits per heavy atom. The monoisotopic (exact) mass is 203 g/mol. The number of hydrogen-bond acceptors (Lipinski definition) is 3. The molecule has 1 aromatic heterocycles. The molecule has 0 radical (unpaired) electrons. The van der Waals surface area contributed by atoms with Crippen molar-refractivity contribution in [3.63, 3.8) is 0 Å². The molecule has 1 aromatic rings. The predicted octanol–water partition coefficient (Wildman–Crippen LogP) is 1.16. The van der Waals surface area contributed by atoms with Gasteiger partial charge in [0.25, 0.3) is 0 Å². The first-order chi connectivity index (χ1) is 7.27. The first-order valence-corrected chi connectivity index (χ1v) is 4.98. The molecule has 78 valence electrons. The van der Waals surface area contributed by atoms with E-state index in [1.165, 1.54) is 6.08 Å². The molecule has 1 fully saturated rings. The van der Waals surface area contributed by atoms with Gasteiger partial charge in [0.05, 0.1) is 17.4 Å². The van der Waals surface area contributed by atoms with Gasteiger partial charge in [-0.05, 0) is 25.3 Å². The van der Waals surface area contributed by atoms with Gasteiger partial charge in [-0.15, -0.1) is 0 Å². The van der Waals surface area contributed by atoms with Gasteiger partial charge in [0.1, 0.15) is 0 Å². The number of carbonyl (C=O) groups is 1. The zero-order valence-corrected chi connectivity index (χ0v) is 8.44. The highest BCUT2D eigenvalue weighted by Crippen LogP contribution is 2.39. The molecule has 0 atom stereocenters. The van der Waals surface area contributed by atoms with E-state index in [0.717, 1.165) is 25.0 Å². The largest absolute Gasteiger partial charge is 0.341 e. The van der Waals surface area contributed by atoms with E-state index in [0.29, 0.717) is 0 Å². The van der Waals surface area contributed by atoms with E-state index < -0.39 is 0 Å². The Kier molecular flexibility index (Phi) is 2.49. The molecule has 0 bridgehead atoms. The standard InChI is InChI=1S/C11H13N3O/c1-2-10(15)14-11(4-3-5-11)9-8-12-6-7-13-9/h2,6-8H,1,3-5H2,(H,14,15). The van der Waals surface area contributed by atoms with Crippen LogP contribution >= 0.6 is 0 Å². The Balaban J connectivity index is 2.22. The molecule has 2 rings (SSSR count). The average Bonchev–Trinajstić information content (AvgIpc) is 2.24. The van der Waals surface area contributed by atoms with E-state index in [1.807, 2.05) is 0 Å². The molecule has 4 heteroatoms. The Morgan fingerprint density at radius 2 is 2.33 bits per heavy atom. The topological polar surface area (TPSA) is 54.9 Å². The third-order valence-electron chi connectivity index (χ3n) is 2.81. The maximum atomic E-state index is 11.3. The summed E-state index contributed by atoms with van der Waals surface area (Å²) in [6.45, 7) is 3.45. The molecular weight excluding hydrogens is 190 g/mol. The van der Waals surface area contributed by atoms with Crippen LogP contribution in [0, 0.1) is 0 Å². The van der Waals surface area contributed by atoms with Gasteiger partial charge in [0.2, 0.25) is 5.91 Å². The lowest BCUT2D eigenvalue weighted by Gasteiger charge is -2.41. The first-order valence-electron chi connectivity index (χ1n) is 4.98. The van der Waals surface area contributed by atoms with Crippen LogP contribution in [-0.2, 0) is 10.3 Å². The molecule has 0 spiro atoms. The van der Waals surface area contributed by atoms with Gasteiger partial charge in [0, 0.05) is 12.4 Å². The van der Waals surface area contributed by atoms with Crippen molar-refractivity contribution in [3.8, 4) is 0 Å². The van der Waals surface area contributed by atoms with Crippen molar-refractivity contribution in [1.82, 2.24) is 15.3 Å². The summed E-state index contributed by atoms with van der Waals surface area (Å²) in [4.78, 5) is 19.6.